The highest BCUT2D eigenvalue weighted by Crippen LogP contribution is 2.25. The number of nitrogens with zero attached hydrogens (tertiary/aromatic N) is 1. The average Bonchev–Trinajstić information content (AvgIpc) is 2.47. The van der Waals surface area contributed by atoms with Crippen molar-refractivity contribution >= 4 is 27.8 Å². The Kier molecular flexibility index (Phi) is 4.92. The molecule has 1 aromatic carbocycles. The van der Waals surface area contributed by atoms with Crippen LogP contribution in [0.5, 0.6) is 0 Å². The van der Waals surface area contributed by atoms with Crippen LogP contribution in [0.25, 0.3) is 0 Å². The molecule has 0 bridgehead atoms. The summed E-state index contributed by atoms with van der Waals surface area (Å²) in [5.41, 5.74) is 0. The van der Waals surface area contributed by atoms with Crippen molar-refractivity contribution in [3.63, 3.8) is 0 Å². The Balaban J connectivity index is 2.24. The van der Waals surface area contributed by atoms with Gasteiger partial charge in [-0.15, -0.1) is 11.8 Å². The summed E-state index contributed by atoms with van der Waals surface area (Å²) in [5.74, 6) is -2.26. The van der Waals surface area contributed by atoms with Gasteiger partial charge in [0.15, 0.2) is 0 Å². The molecule has 1 fully saturated rings. The minimum absolute atomic E-state index is 0.123. The van der Waals surface area contributed by atoms with Crippen LogP contribution in [0.2, 0.25) is 0 Å². The highest BCUT2D eigenvalue weighted by molar-refractivity contribution is 7.98. The Morgan fingerprint density at radius 1 is 1.33 bits per heavy atom. The smallest absolute Gasteiger partial charge is 0.310 e. The van der Waals surface area contributed by atoms with E-state index in [0.29, 0.717) is 0 Å². The van der Waals surface area contributed by atoms with E-state index in [1.165, 1.54) is 23.9 Å². The van der Waals surface area contributed by atoms with Gasteiger partial charge in [0.2, 0.25) is 10.0 Å². The molecule has 1 saturated heterocycles. The number of sulfonamides is 1. The quantitative estimate of drug-likeness (QED) is 0.795. The van der Waals surface area contributed by atoms with Crippen LogP contribution in [0.4, 0.5) is 0 Å². The molecule has 1 heterocycles. The Labute approximate surface area is 127 Å². The second-order valence-electron chi connectivity index (χ2n) is 4.84. The molecule has 2 unspecified atom stereocenters. The summed E-state index contributed by atoms with van der Waals surface area (Å²) < 4.78 is 26.1. The van der Waals surface area contributed by atoms with E-state index in [2.05, 4.69) is 0 Å². The minimum Gasteiger partial charge on any atom is -0.481 e. The van der Waals surface area contributed by atoms with Gasteiger partial charge < -0.3 is 10.2 Å². The number of aliphatic hydroxyl groups excluding tert-OH is 1. The van der Waals surface area contributed by atoms with Crippen molar-refractivity contribution in [1.29, 1.82) is 0 Å². The molecule has 116 valence electrons. The highest BCUT2D eigenvalue weighted by atomic mass is 32.2. The van der Waals surface area contributed by atoms with Crippen molar-refractivity contribution < 1.29 is 23.4 Å². The number of thioether (sulfide) groups is 1. The second-order valence-corrected chi connectivity index (χ2v) is 7.66. The van der Waals surface area contributed by atoms with Gasteiger partial charge in [-0.25, -0.2) is 8.42 Å². The zero-order chi connectivity index (χ0) is 15.6. The lowest BCUT2D eigenvalue weighted by atomic mass is 9.96. The standard InChI is InChI=1S/C13H17NO5S2/c1-20-9-2-4-10(5-3-9)21(18,19)14-7-6-12(15)11(8-14)13(16)17/h2-5,11-12,15H,6-8H2,1H3,(H,16,17). The number of carbonyl (C=O) groups is 1. The van der Waals surface area contributed by atoms with Gasteiger partial charge in [0, 0.05) is 18.0 Å². The first-order chi connectivity index (χ1) is 9.86. The van der Waals surface area contributed by atoms with E-state index in [9.17, 15) is 18.3 Å². The summed E-state index contributed by atoms with van der Waals surface area (Å²) in [6, 6.07) is 6.46. The lowest BCUT2D eigenvalue weighted by Crippen LogP contribution is -2.48. The van der Waals surface area contributed by atoms with Crippen molar-refractivity contribution in [3.05, 3.63) is 24.3 Å². The maximum Gasteiger partial charge on any atom is 0.310 e. The summed E-state index contributed by atoms with van der Waals surface area (Å²) in [6.07, 6.45) is 1.01. The predicted octanol–water partition coefficient (Wildman–Crippen LogP) is 0.865. The minimum atomic E-state index is -3.73. The second kappa shape index (κ2) is 6.35. The van der Waals surface area contributed by atoms with Crippen LogP contribution >= 0.6 is 11.8 Å². The van der Waals surface area contributed by atoms with Crippen LogP contribution in [0.1, 0.15) is 6.42 Å². The molecule has 0 spiro atoms. The summed E-state index contributed by atoms with van der Waals surface area (Å²) in [5, 5.41) is 18.7. The van der Waals surface area contributed by atoms with E-state index in [1.807, 2.05) is 6.26 Å². The van der Waals surface area contributed by atoms with E-state index >= 15 is 0 Å². The number of hydrogen-bond acceptors (Lipinski definition) is 5. The summed E-state index contributed by atoms with van der Waals surface area (Å²) in [7, 11) is -3.73. The first-order valence-corrected chi connectivity index (χ1v) is 9.08. The molecule has 0 amide bonds. The van der Waals surface area contributed by atoms with Gasteiger partial charge in [0.25, 0.3) is 0 Å². The van der Waals surface area contributed by atoms with Crippen LogP contribution in [-0.4, -0.2) is 54.4 Å². The van der Waals surface area contributed by atoms with Crippen LogP contribution in [0.15, 0.2) is 34.1 Å². The SMILES string of the molecule is CSc1ccc(S(=O)(=O)N2CCC(O)C(C(=O)O)C2)cc1. The number of carboxylic acids is 1. The van der Waals surface area contributed by atoms with Crippen LogP contribution in [0.3, 0.4) is 0 Å². The molecule has 1 aliphatic heterocycles. The molecule has 2 rings (SSSR count). The predicted molar refractivity (Wildman–Crippen MR) is 78.7 cm³/mol. The lowest BCUT2D eigenvalue weighted by molar-refractivity contribution is -0.147. The molecule has 21 heavy (non-hydrogen) atoms. The lowest BCUT2D eigenvalue weighted by Gasteiger charge is -2.33. The molecule has 0 aromatic heterocycles. The van der Waals surface area contributed by atoms with Crippen LogP contribution < -0.4 is 0 Å². The normalized spacial score (nSPS) is 23.9. The third kappa shape index (κ3) is 3.39. The van der Waals surface area contributed by atoms with Gasteiger partial charge in [-0.05, 0) is 36.9 Å². The Morgan fingerprint density at radius 3 is 2.48 bits per heavy atom. The van der Waals surface area contributed by atoms with Gasteiger partial charge in [-0.2, -0.15) is 4.31 Å². The third-order valence-corrected chi connectivity index (χ3v) is 6.18. The van der Waals surface area contributed by atoms with E-state index in [0.717, 1.165) is 9.20 Å². The number of piperidine rings is 1. The van der Waals surface area contributed by atoms with Crippen molar-refractivity contribution in [3.8, 4) is 0 Å². The zero-order valence-corrected chi connectivity index (χ0v) is 13.1. The summed E-state index contributed by atoms with van der Waals surface area (Å²) >= 11 is 1.51. The maximum atomic E-state index is 12.5. The molecule has 2 atom stereocenters. The maximum absolute atomic E-state index is 12.5. The van der Waals surface area contributed by atoms with Gasteiger partial charge in [-0.3, -0.25) is 4.79 Å². The van der Waals surface area contributed by atoms with Gasteiger partial charge in [-0.1, -0.05) is 0 Å². The van der Waals surface area contributed by atoms with Crippen molar-refractivity contribution in [2.75, 3.05) is 19.3 Å². The molecular formula is C13H17NO5S2. The number of carboxylic acid groups (broad SMARTS) is 1. The molecule has 1 aromatic rings. The molecule has 1 aliphatic rings. The molecule has 6 nitrogen and oxygen atoms in total. The molecule has 0 aliphatic carbocycles. The van der Waals surface area contributed by atoms with E-state index in [4.69, 9.17) is 5.11 Å². The highest BCUT2D eigenvalue weighted by Gasteiger charge is 2.38. The van der Waals surface area contributed by atoms with Crippen LogP contribution in [-0.2, 0) is 14.8 Å². The van der Waals surface area contributed by atoms with Crippen molar-refractivity contribution in [2.24, 2.45) is 5.92 Å². The van der Waals surface area contributed by atoms with Gasteiger partial charge in [0.05, 0.1) is 16.9 Å². The zero-order valence-electron chi connectivity index (χ0n) is 11.5. The summed E-state index contributed by atoms with van der Waals surface area (Å²) in [4.78, 5) is 12.2. The number of aliphatic hydroxyl groups is 1. The Hall–Kier alpha value is -1.09. The fourth-order valence-corrected chi connectivity index (χ4v) is 4.16. The fourth-order valence-electron chi connectivity index (χ4n) is 2.27. The number of hydrogen-bond donors (Lipinski definition) is 2. The van der Waals surface area contributed by atoms with Gasteiger partial charge >= 0.3 is 5.97 Å². The van der Waals surface area contributed by atoms with E-state index in [-0.39, 0.29) is 24.4 Å². The molecule has 0 radical (unpaired) electrons. The fraction of sp³-hybridized carbons (Fsp3) is 0.462. The third-order valence-electron chi connectivity index (χ3n) is 3.55. The Morgan fingerprint density at radius 2 is 1.95 bits per heavy atom. The van der Waals surface area contributed by atoms with E-state index in [1.54, 1.807) is 12.1 Å². The van der Waals surface area contributed by atoms with E-state index < -0.39 is 28.0 Å². The molecule has 0 saturated carbocycles. The number of aliphatic carboxylic acids is 1. The number of rotatable bonds is 4. The molecule has 8 heteroatoms. The average molecular weight is 331 g/mol. The van der Waals surface area contributed by atoms with Crippen molar-refractivity contribution in [2.45, 2.75) is 22.3 Å². The number of benzene rings is 1. The summed E-state index contributed by atoms with van der Waals surface area (Å²) in [6.45, 7) is -0.0827. The first-order valence-electron chi connectivity index (χ1n) is 6.41. The first kappa shape index (κ1) is 16.3. The molecular weight excluding hydrogens is 314 g/mol. The molecule has 2 N–H and O–H groups in total. The largest absolute Gasteiger partial charge is 0.481 e. The van der Waals surface area contributed by atoms with Gasteiger partial charge in [0.1, 0.15) is 0 Å². The topological polar surface area (TPSA) is 94.9 Å². The van der Waals surface area contributed by atoms with Crippen molar-refractivity contribution in [1.82, 2.24) is 4.31 Å². The Bertz CT molecular complexity index is 614. The van der Waals surface area contributed by atoms with Crippen LogP contribution in [0, 0.1) is 5.92 Å². The monoisotopic (exact) mass is 331 g/mol.